The molecule has 0 radical (unpaired) electrons. The lowest BCUT2D eigenvalue weighted by Gasteiger charge is -2.47. The molecule has 1 aromatic rings. The van der Waals surface area contributed by atoms with Crippen molar-refractivity contribution < 1.29 is 19.0 Å². The average molecular weight is 435 g/mol. The zero-order valence-corrected chi connectivity index (χ0v) is 18.3. The van der Waals surface area contributed by atoms with E-state index >= 15 is 4.39 Å². The van der Waals surface area contributed by atoms with Gasteiger partial charge >= 0.3 is 5.97 Å². The first kappa shape index (κ1) is 21.9. The van der Waals surface area contributed by atoms with Crippen LogP contribution in [0.2, 0.25) is 0 Å². The highest BCUT2D eigenvalue weighted by molar-refractivity contribution is 5.93. The fourth-order valence-electron chi connectivity index (χ4n) is 5.01. The number of hydroxylamine groups is 2. The Morgan fingerprint density at radius 3 is 2.68 bits per heavy atom. The van der Waals surface area contributed by atoms with Gasteiger partial charge in [0.25, 0.3) is 0 Å². The predicted octanol–water partition coefficient (Wildman–Crippen LogP) is 2.86. The molecule has 1 aromatic carbocycles. The van der Waals surface area contributed by atoms with E-state index in [1.165, 1.54) is 13.3 Å². The van der Waals surface area contributed by atoms with E-state index in [0.29, 0.717) is 32.4 Å². The summed E-state index contributed by atoms with van der Waals surface area (Å²) in [6.45, 7) is 5.16. The second-order valence-corrected chi connectivity index (χ2v) is 9.34. The van der Waals surface area contributed by atoms with E-state index in [1.807, 2.05) is 4.90 Å². The van der Waals surface area contributed by atoms with E-state index in [9.17, 15) is 15.1 Å². The third-order valence-corrected chi connectivity index (χ3v) is 7.40. The highest BCUT2D eigenvalue weighted by atomic mass is 19.1. The summed E-state index contributed by atoms with van der Waals surface area (Å²) in [5.74, 6) is -1.71. The number of nitrogens with two attached hydrogens (primary N) is 2. The van der Waals surface area contributed by atoms with Gasteiger partial charge in [-0.1, -0.05) is 13.8 Å². The van der Waals surface area contributed by atoms with Gasteiger partial charge in [0, 0.05) is 44.0 Å². The van der Waals surface area contributed by atoms with Crippen LogP contribution in [0.3, 0.4) is 0 Å². The number of halogens is 1. The van der Waals surface area contributed by atoms with Crippen LogP contribution in [0, 0.1) is 16.4 Å². The van der Waals surface area contributed by atoms with Crippen molar-refractivity contribution in [1.82, 2.24) is 4.65 Å². The lowest BCUT2D eigenvalue weighted by atomic mass is 9.75. The van der Waals surface area contributed by atoms with Crippen molar-refractivity contribution >= 4 is 23.0 Å². The number of ether oxygens (including phenoxy) is 1. The molecule has 9 heteroatoms. The van der Waals surface area contributed by atoms with Crippen LogP contribution < -0.4 is 25.8 Å². The zero-order valence-electron chi connectivity index (χ0n) is 18.3. The molecule has 2 fully saturated rings. The van der Waals surface area contributed by atoms with Gasteiger partial charge in [0.1, 0.15) is 11.9 Å². The van der Waals surface area contributed by atoms with E-state index in [0.717, 1.165) is 6.42 Å². The number of anilines is 2. The van der Waals surface area contributed by atoms with Crippen molar-refractivity contribution in [3.63, 3.8) is 0 Å². The van der Waals surface area contributed by atoms with E-state index in [1.54, 1.807) is 0 Å². The summed E-state index contributed by atoms with van der Waals surface area (Å²) in [4.78, 5) is 13.6. The number of aliphatic carboxylic acids is 1. The fourth-order valence-corrected chi connectivity index (χ4v) is 5.01. The highest BCUT2D eigenvalue weighted by Crippen LogP contribution is 2.55. The standard InChI is InChI=1S/C22H31FN4O4/c1-4-22(2)11-26(8-7-15(22)24)18-16(23)17(25)14-9-12(21(28)29)10-27(30,13-5-6-13)19(14)20(18)31-3/h10,13,15H,4-9,11,24-25H2,1-3H3,(H,28,29). The number of carbonyl (C=O) groups is 1. The molecule has 1 saturated carbocycles. The summed E-state index contributed by atoms with van der Waals surface area (Å²) in [7, 11) is 1.41. The molecular weight excluding hydrogens is 403 g/mol. The smallest absolute Gasteiger partial charge is 0.337 e. The van der Waals surface area contributed by atoms with Gasteiger partial charge in [0.2, 0.25) is 5.75 Å². The van der Waals surface area contributed by atoms with Gasteiger partial charge in [-0.25, -0.2) is 9.18 Å². The molecule has 170 valence electrons. The van der Waals surface area contributed by atoms with Crippen LogP contribution in [0.5, 0.6) is 5.75 Å². The quantitative estimate of drug-likeness (QED) is 0.370. The minimum atomic E-state index is -1.20. The minimum absolute atomic E-state index is 0.0142. The van der Waals surface area contributed by atoms with Crippen LogP contribution >= 0.6 is 0 Å². The Labute approximate surface area is 181 Å². The molecular formula is C22H31FN4O4. The number of carboxylic acids is 1. The summed E-state index contributed by atoms with van der Waals surface area (Å²) in [6, 6.07) is -0.338. The molecule has 3 aliphatic rings. The van der Waals surface area contributed by atoms with Crippen LogP contribution in [-0.4, -0.2) is 43.4 Å². The molecule has 2 aliphatic heterocycles. The SMILES string of the molecule is CCC1(C)CN(c2c(F)c(N)c3c(c2OC)[N+]([O-])(C2CC2)C=C(C(=O)O)C3)CCC1N. The Kier molecular flexibility index (Phi) is 5.19. The highest BCUT2D eigenvalue weighted by Gasteiger charge is 2.49. The van der Waals surface area contributed by atoms with Gasteiger partial charge in [-0.2, -0.15) is 0 Å². The third-order valence-electron chi connectivity index (χ3n) is 7.40. The largest absolute Gasteiger partial charge is 0.622 e. The summed E-state index contributed by atoms with van der Waals surface area (Å²) in [5.41, 5.74) is 12.7. The second kappa shape index (κ2) is 7.36. The molecule has 0 spiro atoms. The molecule has 1 aliphatic carbocycles. The number of rotatable bonds is 5. The Morgan fingerprint density at radius 1 is 1.45 bits per heavy atom. The number of nitrogens with zero attached hydrogens (tertiary/aromatic N) is 2. The van der Waals surface area contributed by atoms with Gasteiger partial charge in [0.15, 0.2) is 11.5 Å². The summed E-state index contributed by atoms with van der Waals surface area (Å²) < 4.78 is 20.4. The van der Waals surface area contributed by atoms with Crippen molar-refractivity contribution in [3.05, 3.63) is 28.4 Å². The number of nitrogen functional groups attached to an aromatic ring is 1. The lowest BCUT2D eigenvalue weighted by molar-refractivity contribution is -0.132. The van der Waals surface area contributed by atoms with E-state index < -0.39 is 16.4 Å². The van der Waals surface area contributed by atoms with Gasteiger partial charge < -0.3 is 31.4 Å². The first-order chi connectivity index (χ1) is 14.6. The monoisotopic (exact) mass is 434 g/mol. The van der Waals surface area contributed by atoms with Crippen molar-refractivity contribution in [2.45, 2.75) is 58.0 Å². The molecule has 3 unspecified atom stereocenters. The fraction of sp³-hybridized carbons (Fsp3) is 0.591. The topological polar surface area (TPSA) is 125 Å². The predicted molar refractivity (Wildman–Crippen MR) is 118 cm³/mol. The van der Waals surface area contributed by atoms with E-state index in [4.69, 9.17) is 16.2 Å². The molecule has 5 N–H and O–H groups in total. The number of fused-ring (bicyclic) bond motifs is 1. The molecule has 8 nitrogen and oxygen atoms in total. The Balaban J connectivity index is 1.92. The summed E-state index contributed by atoms with van der Waals surface area (Å²) in [5, 5.41) is 23.6. The number of piperidine rings is 1. The number of quaternary nitrogens is 1. The maximum absolute atomic E-state index is 15.7. The number of carboxylic acid groups (broad SMARTS) is 1. The zero-order chi connectivity index (χ0) is 22.7. The second-order valence-electron chi connectivity index (χ2n) is 9.34. The van der Waals surface area contributed by atoms with Crippen molar-refractivity contribution in [3.8, 4) is 5.75 Å². The molecule has 31 heavy (non-hydrogen) atoms. The molecule has 0 aromatic heterocycles. The van der Waals surface area contributed by atoms with Crippen molar-refractivity contribution in [2.24, 2.45) is 11.1 Å². The molecule has 3 atom stereocenters. The number of benzene rings is 1. The molecule has 0 amide bonds. The van der Waals surface area contributed by atoms with Crippen LogP contribution in [-0.2, 0) is 11.2 Å². The maximum Gasteiger partial charge on any atom is 0.337 e. The van der Waals surface area contributed by atoms with Crippen LogP contribution in [0.25, 0.3) is 0 Å². The van der Waals surface area contributed by atoms with Crippen LogP contribution in [0.4, 0.5) is 21.5 Å². The van der Waals surface area contributed by atoms with Gasteiger partial charge in [-0.05, 0) is 18.3 Å². The molecule has 4 rings (SSSR count). The van der Waals surface area contributed by atoms with Gasteiger partial charge in [0.05, 0.1) is 24.4 Å². The Morgan fingerprint density at radius 2 is 2.13 bits per heavy atom. The normalized spacial score (nSPS) is 30.6. The van der Waals surface area contributed by atoms with Crippen LogP contribution in [0.1, 0.15) is 45.1 Å². The molecule has 1 saturated heterocycles. The minimum Gasteiger partial charge on any atom is -0.622 e. The maximum atomic E-state index is 15.7. The lowest BCUT2D eigenvalue weighted by Crippen LogP contribution is -2.54. The summed E-state index contributed by atoms with van der Waals surface area (Å²) >= 11 is 0. The third kappa shape index (κ3) is 3.26. The van der Waals surface area contributed by atoms with E-state index in [-0.39, 0.29) is 57.9 Å². The molecule has 0 bridgehead atoms. The first-order valence-corrected chi connectivity index (χ1v) is 10.8. The van der Waals surface area contributed by atoms with Crippen molar-refractivity contribution in [2.75, 3.05) is 30.8 Å². The van der Waals surface area contributed by atoms with Crippen molar-refractivity contribution in [1.29, 1.82) is 0 Å². The van der Waals surface area contributed by atoms with Crippen LogP contribution in [0.15, 0.2) is 11.8 Å². The van der Waals surface area contributed by atoms with Gasteiger partial charge in [-0.3, -0.25) is 4.65 Å². The first-order valence-electron chi connectivity index (χ1n) is 10.8. The average Bonchev–Trinajstić information content (AvgIpc) is 3.58. The number of hydrogen-bond donors (Lipinski definition) is 3. The number of hydrogen-bond acceptors (Lipinski definition) is 6. The van der Waals surface area contributed by atoms with E-state index in [2.05, 4.69) is 13.8 Å². The Bertz CT molecular complexity index is 964. The summed E-state index contributed by atoms with van der Waals surface area (Å²) in [6.07, 6.45) is 3.93. The number of methoxy groups -OCH3 is 1. The van der Waals surface area contributed by atoms with Gasteiger partial charge in [-0.15, -0.1) is 0 Å². The Hall–Kier alpha value is -2.36. The molecule has 2 heterocycles.